The van der Waals surface area contributed by atoms with E-state index in [1.165, 1.54) is 12.1 Å². The molecular formula is C20H24FNO2. The van der Waals surface area contributed by atoms with Crippen molar-refractivity contribution in [2.45, 2.75) is 32.3 Å². The van der Waals surface area contributed by atoms with Crippen molar-refractivity contribution in [3.05, 3.63) is 71.5 Å². The highest BCUT2D eigenvalue weighted by Crippen LogP contribution is 2.15. The van der Waals surface area contributed by atoms with Gasteiger partial charge in [-0.15, -0.1) is 0 Å². The summed E-state index contributed by atoms with van der Waals surface area (Å²) in [5.74, 6) is -0.284. The molecule has 0 saturated carbocycles. The fourth-order valence-electron chi connectivity index (χ4n) is 2.42. The van der Waals surface area contributed by atoms with E-state index in [2.05, 4.69) is 5.32 Å². The van der Waals surface area contributed by atoms with E-state index in [0.717, 1.165) is 17.5 Å². The zero-order chi connectivity index (χ0) is 17.2. The van der Waals surface area contributed by atoms with Gasteiger partial charge in [-0.2, -0.15) is 0 Å². The molecule has 128 valence electrons. The Morgan fingerprint density at radius 2 is 1.96 bits per heavy atom. The molecule has 1 amide bonds. The molecule has 0 aliphatic heterocycles. The van der Waals surface area contributed by atoms with Gasteiger partial charge in [0.25, 0.3) is 0 Å². The van der Waals surface area contributed by atoms with Crippen LogP contribution in [0.3, 0.4) is 0 Å². The van der Waals surface area contributed by atoms with Crippen LogP contribution in [-0.2, 0) is 16.0 Å². The average Bonchev–Trinajstić information content (AvgIpc) is 2.60. The van der Waals surface area contributed by atoms with Gasteiger partial charge in [0.1, 0.15) is 5.82 Å². The van der Waals surface area contributed by atoms with Crippen LogP contribution in [0.15, 0.2) is 54.6 Å². The van der Waals surface area contributed by atoms with Crippen LogP contribution in [0.1, 0.15) is 37.0 Å². The number of aryl methyl sites for hydroxylation is 1. The van der Waals surface area contributed by atoms with Gasteiger partial charge in [0, 0.05) is 19.6 Å². The van der Waals surface area contributed by atoms with Gasteiger partial charge in [-0.1, -0.05) is 42.5 Å². The Kier molecular flexibility index (Phi) is 7.43. The largest absolute Gasteiger partial charge is 0.374 e. The third-order valence-corrected chi connectivity index (χ3v) is 3.81. The van der Waals surface area contributed by atoms with Crippen LogP contribution in [0.5, 0.6) is 0 Å². The lowest BCUT2D eigenvalue weighted by Crippen LogP contribution is -2.25. The first kappa shape index (κ1) is 18.1. The maximum atomic E-state index is 13.1. The summed E-state index contributed by atoms with van der Waals surface area (Å²) in [7, 11) is 0. The van der Waals surface area contributed by atoms with Crippen molar-refractivity contribution in [2.24, 2.45) is 0 Å². The van der Waals surface area contributed by atoms with Crippen molar-refractivity contribution in [3.63, 3.8) is 0 Å². The van der Waals surface area contributed by atoms with Gasteiger partial charge in [0.05, 0.1) is 6.10 Å². The molecule has 3 nitrogen and oxygen atoms in total. The van der Waals surface area contributed by atoms with Crippen molar-refractivity contribution in [1.29, 1.82) is 0 Å². The summed E-state index contributed by atoms with van der Waals surface area (Å²) in [5.41, 5.74) is 1.99. The van der Waals surface area contributed by atoms with Crippen LogP contribution in [0.25, 0.3) is 0 Å². The summed E-state index contributed by atoms with van der Waals surface area (Å²) in [4.78, 5) is 11.8. The van der Waals surface area contributed by atoms with E-state index >= 15 is 0 Å². The SMILES string of the molecule is CC(OCCCNC(=O)CCc1cccc(F)c1)c1ccccc1. The minimum Gasteiger partial charge on any atom is -0.374 e. The number of hydrogen-bond acceptors (Lipinski definition) is 2. The second kappa shape index (κ2) is 9.83. The van der Waals surface area contributed by atoms with Gasteiger partial charge in [-0.25, -0.2) is 4.39 Å². The molecule has 0 spiro atoms. The molecule has 1 unspecified atom stereocenters. The number of nitrogens with one attached hydrogen (secondary N) is 1. The molecule has 0 heterocycles. The molecule has 4 heteroatoms. The topological polar surface area (TPSA) is 38.3 Å². The normalized spacial score (nSPS) is 11.9. The monoisotopic (exact) mass is 329 g/mol. The van der Waals surface area contributed by atoms with E-state index in [-0.39, 0.29) is 17.8 Å². The molecule has 24 heavy (non-hydrogen) atoms. The van der Waals surface area contributed by atoms with E-state index in [1.807, 2.05) is 43.3 Å². The first-order valence-electron chi connectivity index (χ1n) is 8.33. The van der Waals surface area contributed by atoms with Gasteiger partial charge in [0.2, 0.25) is 5.91 Å². The quantitative estimate of drug-likeness (QED) is 0.705. The number of benzene rings is 2. The second-order valence-corrected chi connectivity index (χ2v) is 5.76. The van der Waals surface area contributed by atoms with Crippen LogP contribution in [0.4, 0.5) is 4.39 Å². The highest BCUT2D eigenvalue weighted by Gasteiger charge is 2.05. The van der Waals surface area contributed by atoms with Gasteiger partial charge < -0.3 is 10.1 Å². The summed E-state index contributed by atoms with van der Waals surface area (Å²) in [6.45, 7) is 3.20. The Hall–Kier alpha value is -2.20. The second-order valence-electron chi connectivity index (χ2n) is 5.76. The number of rotatable bonds is 9. The molecule has 0 saturated heterocycles. The molecule has 1 N–H and O–H groups in total. The third kappa shape index (κ3) is 6.50. The Bertz CT molecular complexity index is 631. The molecule has 0 aliphatic rings. The summed E-state index contributed by atoms with van der Waals surface area (Å²) >= 11 is 0. The van der Waals surface area contributed by atoms with Crippen LogP contribution in [-0.4, -0.2) is 19.1 Å². The van der Waals surface area contributed by atoms with E-state index in [9.17, 15) is 9.18 Å². The molecule has 2 aromatic rings. The Balaban J connectivity index is 1.56. The molecule has 0 aromatic heterocycles. The number of halogens is 1. The standard InChI is InChI=1S/C20H24FNO2/c1-16(18-8-3-2-4-9-18)24-14-6-13-22-20(23)12-11-17-7-5-10-19(21)15-17/h2-5,7-10,15-16H,6,11-14H2,1H3,(H,22,23). The highest BCUT2D eigenvalue weighted by molar-refractivity contribution is 5.76. The lowest BCUT2D eigenvalue weighted by molar-refractivity contribution is -0.121. The number of carbonyl (C=O) groups is 1. The van der Waals surface area contributed by atoms with Crippen LogP contribution < -0.4 is 5.32 Å². The Morgan fingerprint density at radius 1 is 1.17 bits per heavy atom. The maximum Gasteiger partial charge on any atom is 0.220 e. The Labute approximate surface area is 142 Å². The highest BCUT2D eigenvalue weighted by atomic mass is 19.1. The lowest BCUT2D eigenvalue weighted by Gasteiger charge is -2.13. The lowest BCUT2D eigenvalue weighted by atomic mass is 10.1. The Morgan fingerprint density at radius 3 is 2.71 bits per heavy atom. The zero-order valence-electron chi connectivity index (χ0n) is 14.0. The molecular weight excluding hydrogens is 305 g/mol. The van der Waals surface area contributed by atoms with E-state index in [0.29, 0.717) is 26.0 Å². The van der Waals surface area contributed by atoms with Crippen molar-refractivity contribution in [3.8, 4) is 0 Å². The number of hydrogen-bond donors (Lipinski definition) is 1. The van der Waals surface area contributed by atoms with Crippen molar-refractivity contribution in [2.75, 3.05) is 13.2 Å². The van der Waals surface area contributed by atoms with Gasteiger partial charge in [-0.3, -0.25) is 4.79 Å². The van der Waals surface area contributed by atoms with Crippen molar-refractivity contribution in [1.82, 2.24) is 5.32 Å². The third-order valence-electron chi connectivity index (χ3n) is 3.81. The molecule has 0 radical (unpaired) electrons. The number of amides is 1. The van der Waals surface area contributed by atoms with Gasteiger partial charge in [0.15, 0.2) is 0 Å². The molecule has 1 atom stereocenters. The van der Waals surface area contributed by atoms with E-state index in [4.69, 9.17) is 4.74 Å². The first-order valence-corrected chi connectivity index (χ1v) is 8.33. The molecule has 0 bridgehead atoms. The average molecular weight is 329 g/mol. The summed E-state index contributed by atoms with van der Waals surface area (Å²) in [6, 6.07) is 16.4. The van der Waals surface area contributed by atoms with Crippen LogP contribution >= 0.6 is 0 Å². The predicted octanol–water partition coefficient (Wildman–Crippen LogP) is 4.04. The fraction of sp³-hybridized carbons (Fsp3) is 0.350. The van der Waals surface area contributed by atoms with Crippen molar-refractivity contribution >= 4 is 5.91 Å². The molecule has 2 rings (SSSR count). The first-order chi connectivity index (χ1) is 11.6. The van der Waals surface area contributed by atoms with Crippen LogP contribution in [0, 0.1) is 5.82 Å². The maximum absolute atomic E-state index is 13.1. The molecule has 0 aliphatic carbocycles. The molecule has 0 fully saturated rings. The van der Waals surface area contributed by atoms with E-state index in [1.54, 1.807) is 6.07 Å². The van der Waals surface area contributed by atoms with Gasteiger partial charge >= 0.3 is 0 Å². The molecule has 2 aromatic carbocycles. The summed E-state index contributed by atoms with van der Waals surface area (Å²) in [6.07, 6.45) is 1.73. The zero-order valence-corrected chi connectivity index (χ0v) is 14.0. The van der Waals surface area contributed by atoms with Crippen LogP contribution in [0.2, 0.25) is 0 Å². The summed E-state index contributed by atoms with van der Waals surface area (Å²) in [5, 5.41) is 2.87. The summed E-state index contributed by atoms with van der Waals surface area (Å²) < 4.78 is 18.8. The minimum atomic E-state index is -0.266. The van der Waals surface area contributed by atoms with Crippen molar-refractivity contribution < 1.29 is 13.9 Å². The van der Waals surface area contributed by atoms with E-state index < -0.39 is 0 Å². The smallest absolute Gasteiger partial charge is 0.220 e. The van der Waals surface area contributed by atoms with Gasteiger partial charge in [-0.05, 0) is 43.0 Å². The number of ether oxygens (including phenoxy) is 1. The number of carbonyl (C=O) groups excluding carboxylic acids is 1. The fourth-order valence-corrected chi connectivity index (χ4v) is 2.42. The predicted molar refractivity (Wildman–Crippen MR) is 93.2 cm³/mol. The minimum absolute atomic E-state index is 0.0182.